The number of hydrogen-bond donors (Lipinski definition) is 2. The predicted octanol–water partition coefficient (Wildman–Crippen LogP) is 1.92. The molecule has 0 atom stereocenters. The van der Waals surface area contributed by atoms with Crippen molar-refractivity contribution in [2.24, 2.45) is 0 Å². The average Bonchev–Trinajstić information content (AvgIpc) is 2.46. The normalized spacial score (nSPS) is 11.6. The van der Waals surface area contributed by atoms with Crippen LogP contribution in [0.5, 0.6) is 0 Å². The van der Waals surface area contributed by atoms with Crippen LogP contribution in [0.15, 0.2) is 42.7 Å². The number of rotatable bonds is 7. The highest BCUT2D eigenvalue weighted by molar-refractivity contribution is 7.88. The lowest BCUT2D eigenvalue weighted by Crippen LogP contribution is -2.31. The molecule has 1 heterocycles. The summed E-state index contributed by atoms with van der Waals surface area (Å²) < 4.78 is 26.3. The van der Waals surface area contributed by atoms with Crippen LogP contribution in [0.3, 0.4) is 0 Å². The zero-order valence-corrected chi connectivity index (χ0v) is 13.5. The summed E-state index contributed by atoms with van der Waals surface area (Å²) in [6, 6.07) is 9.10. The van der Waals surface area contributed by atoms with Crippen LogP contribution < -0.4 is 10.0 Å². The largest absolute Gasteiger partial charge is 0.350 e. The minimum atomic E-state index is -3.29. The van der Waals surface area contributed by atoms with Crippen molar-refractivity contribution in [2.45, 2.75) is 32.2 Å². The van der Waals surface area contributed by atoms with Gasteiger partial charge in [0.1, 0.15) is 0 Å². The van der Waals surface area contributed by atoms with Gasteiger partial charge in [0.25, 0.3) is 0 Å². The summed E-state index contributed by atoms with van der Waals surface area (Å²) in [4.78, 5) is 8.16. The maximum absolute atomic E-state index is 11.9. The number of benzene rings is 1. The molecule has 1 aromatic carbocycles. The number of nitrogens with zero attached hydrogens (tertiary/aromatic N) is 2. The number of sulfonamides is 1. The molecule has 0 saturated carbocycles. The molecular weight excluding hydrogens is 300 g/mol. The fourth-order valence-corrected chi connectivity index (χ4v) is 3.38. The van der Waals surface area contributed by atoms with E-state index in [0.29, 0.717) is 12.5 Å². The number of anilines is 1. The summed E-state index contributed by atoms with van der Waals surface area (Å²) >= 11 is 0. The van der Waals surface area contributed by atoms with Crippen molar-refractivity contribution in [1.82, 2.24) is 14.7 Å². The fourth-order valence-electron chi connectivity index (χ4n) is 1.95. The van der Waals surface area contributed by atoms with Crippen molar-refractivity contribution >= 4 is 16.0 Å². The van der Waals surface area contributed by atoms with Crippen molar-refractivity contribution in [3.05, 3.63) is 53.9 Å². The lowest BCUT2D eigenvalue weighted by molar-refractivity contribution is 0.569. The smallest absolute Gasteiger partial charge is 0.222 e. The van der Waals surface area contributed by atoms with E-state index in [1.807, 2.05) is 24.3 Å². The third-order valence-corrected chi connectivity index (χ3v) is 4.36. The Morgan fingerprint density at radius 3 is 2.23 bits per heavy atom. The first-order valence-corrected chi connectivity index (χ1v) is 8.68. The maximum atomic E-state index is 11.9. The summed E-state index contributed by atoms with van der Waals surface area (Å²) in [5, 5.41) is 3.10. The van der Waals surface area contributed by atoms with E-state index in [1.165, 1.54) is 0 Å². The molecule has 0 aliphatic carbocycles. The van der Waals surface area contributed by atoms with E-state index >= 15 is 0 Å². The molecule has 0 unspecified atom stereocenters. The van der Waals surface area contributed by atoms with Crippen molar-refractivity contribution in [3.63, 3.8) is 0 Å². The van der Waals surface area contributed by atoms with Gasteiger partial charge in [-0.1, -0.05) is 24.3 Å². The first-order valence-electron chi connectivity index (χ1n) is 7.03. The second-order valence-corrected chi connectivity index (χ2v) is 7.03. The fraction of sp³-hybridized carbons (Fsp3) is 0.333. The zero-order valence-electron chi connectivity index (χ0n) is 12.7. The van der Waals surface area contributed by atoms with Crippen LogP contribution in [0.1, 0.15) is 25.0 Å². The third kappa shape index (κ3) is 5.42. The summed E-state index contributed by atoms with van der Waals surface area (Å²) in [5.41, 5.74) is 1.79. The summed E-state index contributed by atoms with van der Waals surface area (Å²) in [5.74, 6) is 0.552. The van der Waals surface area contributed by atoms with E-state index < -0.39 is 10.0 Å². The molecule has 0 aliphatic rings. The molecule has 7 heteroatoms. The molecule has 118 valence electrons. The number of nitrogens with one attached hydrogen (secondary N) is 2. The van der Waals surface area contributed by atoms with Gasteiger partial charge in [-0.05, 0) is 31.0 Å². The van der Waals surface area contributed by atoms with Crippen LogP contribution in [-0.2, 0) is 22.3 Å². The van der Waals surface area contributed by atoms with Gasteiger partial charge >= 0.3 is 0 Å². The van der Waals surface area contributed by atoms with E-state index in [0.717, 1.165) is 11.1 Å². The SMILES string of the molecule is CC(C)NS(=O)(=O)Cc1ccc(CNc2ncccn2)cc1. The Kier molecular flexibility index (Phi) is 5.46. The first-order chi connectivity index (χ1) is 10.4. The van der Waals surface area contributed by atoms with E-state index in [-0.39, 0.29) is 11.8 Å². The minimum Gasteiger partial charge on any atom is -0.350 e. The van der Waals surface area contributed by atoms with Crippen molar-refractivity contribution in [2.75, 3.05) is 5.32 Å². The molecule has 1 aromatic heterocycles. The van der Waals surface area contributed by atoms with Crippen molar-refractivity contribution in [3.8, 4) is 0 Å². The van der Waals surface area contributed by atoms with E-state index in [4.69, 9.17) is 0 Å². The van der Waals surface area contributed by atoms with Gasteiger partial charge in [0, 0.05) is 25.0 Å². The number of hydrogen-bond acceptors (Lipinski definition) is 5. The minimum absolute atomic E-state index is 0.0132. The van der Waals surface area contributed by atoms with Gasteiger partial charge in [-0.3, -0.25) is 0 Å². The topological polar surface area (TPSA) is 84.0 Å². The average molecular weight is 320 g/mol. The Morgan fingerprint density at radius 1 is 1.05 bits per heavy atom. The molecule has 6 nitrogen and oxygen atoms in total. The van der Waals surface area contributed by atoms with Crippen LogP contribution in [0.25, 0.3) is 0 Å². The summed E-state index contributed by atoms with van der Waals surface area (Å²) in [6.07, 6.45) is 3.34. The van der Waals surface area contributed by atoms with Crippen LogP contribution in [-0.4, -0.2) is 24.4 Å². The lowest BCUT2D eigenvalue weighted by atomic mass is 10.1. The molecule has 2 rings (SSSR count). The standard InChI is InChI=1S/C15H20N4O2S/c1-12(2)19-22(20,21)11-14-6-4-13(5-7-14)10-18-15-16-8-3-9-17-15/h3-9,12,19H,10-11H2,1-2H3,(H,16,17,18). The second-order valence-electron chi connectivity index (χ2n) is 5.27. The Balaban J connectivity index is 1.93. The van der Waals surface area contributed by atoms with Crippen molar-refractivity contribution < 1.29 is 8.42 Å². The monoisotopic (exact) mass is 320 g/mol. The molecule has 0 aliphatic heterocycles. The summed E-state index contributed by atoms with van der Waals surface area (Å²) in [6.45, 7) is 4.19. The van der Waals surface area contributed by atoms with Crippen LogP contribution in [0, 0.1) is 0 Å². The molecule has 0 fully saturated rings. The van der Waals surface area contributed by atoms with Crippen molar-refractivity contribution in [1.29, 1.82) is 0 Å². The highest BCUT2D eigenvalue weighted by atomic mass is 32.2. The molecule has 0 amide bonds. The van der Waals surface area contributed by atoms with Gasteiger partial charge in [-0.15, -0.1) is 0 Å². The number of aromatic nitrogens is 2. The van der Waals surface area contributed by atoms with E-state index in [9.17, 15) is 8.42 Å². The van der Waals surface area contributed by atoms with Crippen LogP contribution in [0.2, 0.25) is 0 Å². The van der Waals surface area contributed by atoms with Gasteiger partial charge in [0.2, 0.25) is 16.0 Å². The van der Waals surface area contributed by atoms with Gasteiger partial charge < -0.3 is 5.32 Å². The van der Waals surface area contributed by atoms with Gasteiger partial charge in [-0.25, -0.2) is 23.1 Å². The van der Waals surface area contributed by atoms with E-state index in [2.05, 4.69) is 20.0 Å². The van der Waals surface area contributed by atoms with E-state index in [1.54, 1.807) is 32.3 Å². The van der Waals surface area contributed by atoms with Gasteiger partial charge in [-0.2, -0.15) is 0 Å². The molecule has 0 radical (unpaired) electrons. The Hall–Kier alpha value is -1.99. The van der Waals surface area contributed by atoms with Crippen LogP contribution >= 0.6 is 0 Å². The predicted molar refractivity (Wildman–Crippen MR) is 86.7 cm³/mol. The van der Waals surface area contributed by atoms with Crippen LogP contribution in [0.4, 0.5) is 5.95 Å². The first kappa shape index (κ1) is 16.4. The molecule has 22 heavy (non-hydrogen) atoms. The molecule has 0 spiro atoms. The molecular formula is C15H20N4O2S. The highest BCUT2D eigenvalue weighted by Crippen LogP contribution is 2.09. The molecule has 2 N–H and O–H groups in total. The Bertz CT molecular complexity index is 685. The highest BCUT2D eigenvalue weighted by Gasteiger charge is 2.12. The third-order valence-electron chi connectivity index (χ3n) is 2.81. The van der Waals surface area contributed by atoms with Gasteiger partial charge in [0.15, 0.2) is 0 Å². The quantitative estimate of drug-likeness (QED) is 0.814. The molecule has 0 saturated heterocycles. The lowest BCUT2D eigenvalue weighted by Gasteiger charge is -2.10. The Labute approximate surface area is 131 Å². The zero-order chi connectivity index (χ0) is 16.0. The Morgan fingerprint density at radius 2 is 1.64 bits per heavy atom. The van der Waals surface area contributed by atoms with Gasteiger partial charge in [0.05, 0.1) is 5.75 Å². The second kappa shape index (κ2) is 7.33. The summed E-state index contributed by atoms with van der Waals surface area (Å²) in [7, 11) is -3.29. The molecule has 0 bridgehead atoms. The maximum Gasteiger partial charge on any atom is 0.222 e. The molecule has 2 aromatic rings.